The lowest BCUT2D eigenvalue weighted by atomic mass is 9.81. The molecule has 27 heavy (non-hydrogen) atoms. The normalized spacial score (nSPS) is 23.9. The molecule has 6 heteroatoms. The molecule has 1 saturated heterocycles. The Labute approximate surface area is 158 Å². The highest BCUT2D eigenvalue weighted by atomic mass is 16.4. The summed E-state index contributed by atoms with van der Waals surface area (Å²) in [5.41, 5.74) is 2.14. The Hall–Kier alpha value is -2.89. The number of rotatable bonds is 4. The first-order valence-electron chi connectivity index (χ1n) is 9.35. The van der Waals surface area contributed by atoms with E-state index in [0.717, 1.165) is 29.7 Å². The fourth-order valence-electron chi connectivity index (χ4n) is 4.46. The number of hydrogen-bond acceptors (Lipinski definition) is 3. The van der Waals surface area contributed by atoms with Gasteiger partial charge in [-0.3, -0.25) is 9.78 Å². The van der Waals surface area contributed by atoms with E-state index in [4.69, 9.17) is 0 Å². The third kappa shape index (κ3) is 3.27. The zero-order chi connectivity index (χ0) is 18.9. The number of hydrogen-bond donors (Lipinski definition) is 2. The van der Waals surface area contributed by atoms with Gasteiger partial charge in [0, 0.05) is 31.4 Å². The van der Waals surface area contributed by atoms with Crippen LogP contribution in [0.2, 0.25) is 0 Å². The van der Waals surface area contributed by atoms with Crippen molar-refractivity contribution in [2.45, 2.75) is 25.8 Å². The van der Waals surface area contributed by atoms with Crippen LogP contribution in [0.5, 0.6) is 0 Å². The van der Waals surface area contributed by atoms with Crippen LogP contribution in [0.3, 0.4) is 0 Å². The van der Waals surface area contributed by atoms with Crippen molar-refractivity contribution in [2.75, 3.05) is 13.1 Å². The van der Waals surface area contributed by atoms with E-state index in [0.29, 0.717) is 26.1 Å². The van der Waals surface area contributed by atoms with Gasteiger partial charge in [-0.2, -0.15) is 0 Å². The molecule has 4 rings (SSSR count). The van der Waals surface area contributed by atoms with Crippen molar-refractivity contribution in [3.05, 3.63) is 54.2 Å². The van der Waals surface area contributed by atoms with Crippen LogP contribution in [-0.2, 0) is 11.3 Å². The first kappa shape index (κ1) is 17.5. The quantitative estimate of drug-likeness (QED) is 0.872. The van der Waals surface area contributed by atoms with E-state index < -0.39 is 11.4 Å². The van der Waals surface area contributed by atoms with Crippen LogP contribution in [0.15, 0.2) is 48.7 Å². The monoisotopic (exact) mass is 365 g/mol. The number of benzene rings is 1. The second kappa shape index (κ2) is 7.02. The molecule has 0 radical (unpaired) electrons. The Morgan fingerprint density at radius 3 is 2.89 bits per heavy atom. The van der Waals surface area contributed by atoms with Gasteiger partial charge in [-0.05, 0) is 42.5 Å². The van der Waals surface area contributed by atoms with Gasteiger partial charge in [0.2, 0.25) is 0 Å². The number of carbonyl (C=O) groups excluding carboxylic acids is 1. The van der Waals surface area contributed by atoms with Gasteiger partial charge in [0.05, 0.1) is 11.1 Å². The summed E-state index contributed by atoms with van der Waals surface area (Å²) in [5, 5.41) is 12.6. The number of urea groups is 1. The van der Waals surface area contributed by atoms with Crippen LogP contribution in [0.25, 0.3) is 11.3 Å². The molecule has 140 valence electrons. The number of nitrogens with one attached hydrogen (secondary N) is 1. The summed E-state index contributed by atoms with van der Waals surface area (Å²) in [6.45, 7) is 1.25. The molecule has 2 aromatic rings. The lowest BCUT2D eigenvalue weighted by molar-refractivity contribution is -0.149. The lowest BCUT2D eigenvalue weighted by Gasteiger charge is -2.23. The highest BCUT2D eigenvalue weighted by Gasteiger charge is 2.55. The van der Waals surface area contributed by atoms with Gasteiger partial charge in [0.25, 0.3) is 0 Å². The van der Waals surface area contributed by atoms with Crippen molar-refractivity contribution < 1.29 is 14.7 Å². The Morgan fingerprint density at radius 1 is 1.26 bits per heavy atom. The van der Waals surface area contributed by atoms with Gasteiger partial charge >= 0.3 is 12.0 Å². The maximum atomic E-state index is 12.6. The van der Waals surface area contributed by atoms with Gasteiger partial charge < -0.3 is 15.3 Å². The molecule has 1 aliphatic heterocycles. The summed E-state index contributed by atoms with van der Waals surface area (Å²) < 4.78 is 0. The number of amides is 2. The number of pyridine rings is 1. The minimum Gasteiger partial charge on any atom is -0.481 e. The molecule has 2 atom stereocenters. The van der Waals surface area contributed by atoms with Crippen LogP contribution in [0.4, 0.5) is 4.79 Å². The first-order valence-corrected chi connectivity index (χ1v) is 9.35. The van der Waals surface area contributed by atoms with E-state index in [1.54, 1.807) is 11.1 Å². The number of likely N-dealkylation sites (tertiary alicyclic amines) is 1. The molecule has 1 aromatic heterocycles. The minimum absolute atomic E-state index is 0.0771. The summed E-state index contributed by atoms with van der Waals surface area (Å²) >= 11 is 0. The SMILES string of the molecule is O=C(NCc1cccc(-c2ccccn2)c1)N1C[C@@H]2CCC[C@@]2(C(=O)O)C1. The topological polar surface area (TPSA) is 82.5 Å². The number of carboxylic acids is 1. The van der Waals surface area contributed by atoms with Crippen molar-refractivity contribution >= 4 is 12.0 Å². The molecular weight excluding hydrogens is 342 g/mol. The van der Waals surface area contributed by atoms with Crippen LogP contribution in [-0.4, -0.2) is 40.1 Å². The first-order chi connectivity index (χ1) is 13.1. The van der Waals surface area contributed by atoms with E-state index in [1.165, 1.54) is 0 Å². The summed E-state index contributed by atoms with van der Waals surface area (Å²) in [6.07, 6.45) is 4.25. The zero-order valence-corrected chi connectivity index (χ0v) is 15.1. The molecule has 2 amide bonds. The molecule has 6 nitrogen and oxygen atoms in total. The molecule has 2 fully saturated rings. The van der Waals surface area contributed by atoms with E-state index in [1.807, 2.05) is 42.5 Å². The number of carboxylic acid groups (broad SMARTS) is 1. The van der Waals surface area contributed by atoms with Crippen molar-refractivity contribution in [3.8, 4) is 11.3 Å². The van der Waals surface area contributed by atoms with Gasteiger partial charge in [-0.15, -0.1) is 0 Å². The largest absolute Gasteiger partial charge is 0.481 e. The average Bonchev–Trinajstić information content (AvgIpc) is 3.26. The predicted molar refractivity (Wildman–Crippen MR) is 101 cm³/mol. The smallest absolute Gasteiger partial charge is 0.317 e. The second-order valence-electron chi connectivity index (χ2n) is 7.51. The number of fused-ring (bicyclic) bond motifs is 1. The zero-order valence-electron chi connectivity index (χ0n) is 15.1. The van der Waals surface area contributed by atoms with Crippen molar-refractivity contribution in [1.29, 1.82) is 0 Å². The Kier molecular flexibility index (Phi) is 4.56. The molecule has 1 saturated carbocycles. The Morgan fingerprint density at radius 2 is 2.15 bits per heavy atom. The summed E-state index contributed by atoms with van der Waals surface area (Å²) in [4.78, 5) is 30.4. The van der Waals surface area contributed by atoms with Crippen LogP contribution >= 0.6 is 0 Å². The van der Waals surface area contributed by atoms with E-state index in [9.17, 15) is 14.7 Å². The molecule has 0 spiro atoms. The molecule has 0 unspecified atom stereocenters. The van der Waals surface area contributed by atoms with E-state index in [2.05, 4.69) is 10.3 Å². The average molecular weight is 365 g/mol. The van der Waals surface area contributed by atoms with Crippen molar-refractivity contribution in [2.24, 2.45) is 11.3 Å². The van der Waals surface area contributed by atoms with Crippen LogP contribution in [0.1, 0.15) is 24.8 Å². The van der Waals surface area contributed by atoms with Crippen molar-refractivity contribution in [3.63, 3.8) is 0 Å². The maximum absolute atomic E-state index is 12.6. The van der Waals surface area contributed by atoms with E-state index >= 15 is 0 Å². The molecule has 1 aliphatic carbocycles. The van der Waals surface area contributed by atoms with Gasteiger partial charge in [0.1, 0.15) is 0 Å². The second-order valence-corrected chi connectivity index (χ2v) is 7.51. The third-order valence-electron chi connectivity index (χ3n) is 5.92. The summed E-state index contributed by atoms with van der Waals surface area (Å²) in [7, 11) is 0. The third-order valence-corrected chi connectivity index (χ3v) is 5.92. The fraction of sp³-hybridized carbons (Fsp3) is 0.381. The summed E-state index contributed by atoms with van der Waals surface area (Å²) in [5.74, 6) is -0.684. The molecule has 2 aliphatic rings. The Bertz CT molecular complexity index is 855. The number of carbonyl (C=O) groups is 2. The summed E-state index contributed by atoms with van der Waals surface area (Å²) in [6, 6.07) is 13.5. The number of nitrogens with zero attached hydrogens (tertiary/aromatic N) is 2. The molecule has 2 heterocycles. The van der Waals surface area contributed by atoms with Gasteiger partial charge in [-0.1, -0.05) is 30.7 Å². The van der Waals surface area contributed by atoms with E-state index in [-0.39, 0.29) is 11.9 Å². The number of aromatic nitrogens is 1. The van der Waals surface area contributed by atoms with Crippen LogP contribution < -0.4 is 5.32 Å². The minimum atomic E-state index is -0.761. The maximum Gasteiger partial charge on any atom is 0.317 e. The highest BCUT2D eigenvalue weighted by Crippen LogP contribution is 2.48. The van der Waals surface area contributed by atoms with Gasteiger partial charge in [-0.25, -0.2) is 4.79 Å². The lowest BCUT2D eigenvalue weighted by Crippen LogP contribution is -2.41. The van der Waals surface area contributed by atoms with Crippen LogP contribution in [0, 0.1) is 11.3 Å². The number of aliphatic carboxylic acids is 1. The highest BCUT2D eigenvalue weighted by molar-refractivity contribution is 5.80. The van der Waals surface area contributed by atoms with Crippen molar-refractivity contribution in [1.82, 2.24) is 15.2 Å². The standard InChI is InChI=1S/C21H23N3O3/c25-19(26)21-9-4-7-17(21)13-24(14-21)20(27)23-12-15-5-3-6-16(11-15)18-8-1-2-10-22-18/h1-3,5-6,8,10-11,17H,4,7,9,12-14H2,(H,23,27)(H,25,26)/t17-,21+/m0/s1. The van der Waals surface area contributed by atoms with Gasteiger partial charge in [0.15, 0.2) is 0 Å². The Balaban J connectivity index is 1.40. The fourth-order valence-corrected chi connectivity index (χ4v) is 4.46. The predicted octanol–water partition coefficient (Wildman–Crippen LogP) is 3.14. The molecule has 2 N–H and O–H groups in total. The molecule has 1 aromatic carbocycles. The molecule has 0 bridgehead atoms. The molecular formula is C21H23N3O3.